The molecule has 0 radical (unpaired) electrons. The number of hydrogen-bond acceptors (Lipinski definition) is 3. The zero-order valence-electron chi connectivity index (χ0n) is 9.94. The van der Waals surface area contributed by atoms with Gasteiger partial charge in [-0.2, -0.15) is 22.0 Å². The molecule has 0 fully saturated rings. The molecule has 0 heterocycles. The lowest BCUT2D eigenvalue weighted by Gasteiger charge is -2.28. The number of alkyl halides is 5. The van der Waals surface area contributed by atoms with Gasteiger partial charge in [0, 0.05) is 11.8 Å². The van der Waals surface area contributed by atoms with Gasteiger partial charge in [0.2, 0.25) is 0 Å². The molecule has 0 aromatic heterocycles. The van der Waals surface area contributed by atoms with Crippen LogP contribution in [0.3, 0.4) is 0 Å². The van der Waals surface area contributed by atoms with Crippen molar-refractivity contribution in [2.24, 2.45) is 5.41 Å². The lowest BCUT2D eigenvalue weighted by Crippen LogP contribution is -2.38. The quantitative estimate of drug-likeness (QED) is 0.528. The fourth-order valence-corrected chi connectivity index (χ4v) is 1.10. The third kappa shape index (κ3) is 4.66. The van der Waals surface area contributed by atoms with E-state index >= 15 is 0 Å². The molecular weight excluding hydrogens is 263 g/mol. The molecule has 0 unspecified atom stereocenters. The Morgan fingerprint density at radius 3 is 1.83 bits per heavy atom. The zero-order chi connectivity index (χ0) is 14.4. The van der Waals surface area contributed by atoms with Crippen molar-refractivity contribution in [3.05, 3.63) is 0 Å². The number of aliphatic hydroxyl groups excluding tert-OH is 2. The van der Waals surface area contributed by atoms with Gasteiger partial charge in [-0.1, -0.05) is 6.92 Å². The van der Waals surface area contributed by atoms with Crippen molar-refractivity contribution in [3.63, 3.8) is 0 Å². The van der Waals surface area contributed by atoms with Crippen molar-refractivity contribution >= 4 is 0 Å². The largest absolute Gasteiger partial charge is 0.453 e. The van der Waals surface area contributed by atoms with Crippen LogP contribution >= 0.6 is 0 Å². The van der Waals surface area contributed by atoms with Crippen LogP contribution in [0, 0.1) is 5.41 Å². The highest BCUT2D eigenvalue weighted by molar-refractivity contribution is 4.77. The van der Waals surface area contributed by atoms with Crippen molar-refractivity contribution in [2.75, 3.05) is 26.4 Å². The highest BCUT2D eigenvalue weighted by Crippen LogP contribution is 2.38. The summed E-state index contributed by atoms with van der Waals surface area (Å²) < 4.78 is 65.1. The number of halogens is 5. The van der Waals surface area contributed by atoms with Crippen LogP contribution in [-0.4, -0.2) is 48.7 Å². The van der Waals surface area contributed by atoms with Gasteiger partial charge in [-0.25, -0.2) is 0 Å². The average Bonchev–Trinajstić information content (AvgIpc) is 2.29. The molecule has 0 bridgehead atoms. The molecule has 0 rings (SSSR count). The van der Waals surface area contributed by atoms with E-state index in [2.05, 4.69) is 0 Å². The van der Waals surface area contributed by atoms with Gasteiger partial charge in [-0.05, 0) is 6.42 Å². The van der Waals surface area contributed by atoms with E-state index in [-0.39, 0.29) is 6.61 Å². The van der Waals surface area contributed by atoms with Crippen LogP contribution in [0.4, 0.5) is 22.0 Å². The normalized spacial score (nSPS) is 14.0. The Balaban J connectivity index is 4.14. The minimum atomic E-state index is -5.59. The van der Waals surface area contributed by atoms with Crippen LogP contribution in [0.5, 0.6) is 0 Å². The topological polar surface area (TPSA) is 49.7 Å². The first kappa shape index (κ1) is 17.5. The van der Waals surface area contributed by atoms with E-state index in [0.29, 0.717) is 6.42 Å². The van der Waals surface area contributed by atoms with Gasteiger partial charge in [0.1, 0.15) is 0 Å². The Labute approximate surface area is 102 Å². The van der Waals surface area contributed by atoms with Crippen LogP contribution in [0.1, 0.15) is 19.8 Å². The highest BCUT2D eigenvalue weighted by atomic mass is 19.4. The van der Waals surface area contributed by atoms with Crippen molar-refractivity contribution in [3.8, 4) is 0 Å². The summed E-state index contributed by atoms with van der Waals surface area (Å²) in [4.78, 5) is 0. The molecule has 0 saturated heterocycles. The molecule has 0 amide bonds. The van der Waals surface area contributed by atoms with E-state index in [0.717, 1.165) is 0 Å². The predicted molar refractivity (Wildman–Crippen MR) is 53.3 cm³/mol. The first-order chi connectivity index (χ1) is 8.14. The molecule has 18 heavy (non-hydrogen) atoms. The van der Waals surface area contributed by atoms with Crippen LogP contribution in [0.25, 0.3) is 0 Å². The molecule has 0 aromatic carbocycles. The van der Waals surface area contributed by atoms with Crippen LogP contribution in [-0.2, 0) is 4.74 Å². The van der Waals surface area contributed by atoms with Gasteiger partial charge in [0.15, 0.2) is 0 Å². The standard InChI is InChI=1S/C10H17F5O3/c1-2-8(5-16,6-17)7-18-4-3-9(11,12)10(13,14)15/h16-17H,2-7H2,1H3. The molecule has 0 spiro atoms. The molecule has 110 valence electrons. The summed E-state index contributed by atoms with van der Waals surface area (Å²) in [7, 11) is 0. The number of ether oxygens (including phenoxy) is 1. The summed E-state index contributed by atoms with van der Waals surface area (Å²) in [5, 5.41) is 18.0. The van der Waals surface area contributed by atoms with Crippen LogP contribution in [0.2, 0.25) is 0 Å². The van der Waals surface area contributed by atoms with E-state index < -0.39 is 43.8 Å². The lowest BCUT2D eigenvalue weighted by molar-refractivity contribution is -0.287. The van der Waals surface area contributed by atoms with Crippen LogP contribution < -0.4 is 0 Å². The number of aliphatic hydroxyl groups is 2. The lowest BCUT2D eigenvalue weighted by atomic mass is 9.88. The van der Waals surface area contributed by atoms with Gasteiger partial charge >= 0.3 is 12.1 Å². The Kier molecular flexibility index (Phi) is 6.45. The van der Waals surface area contributed by atoms with E-state index in [1.54, 1.807) is 6.92 Å². The smallest absolute Gasteiger partial charge is 0.396 e. The van der Waals surface area contributed by atoms with E-state index in [1.807, 2.05) is 0 Å². The van der Waals surface area contributed by atoms with Crippen molar-refractivity contribution in [1.29, 1.82) is 0 Å². The first-order valence-electron chi connectivity index (χ1n) is 5.38. The van der Waals surface area contributed by atoms with Crippen molar-refractivity contribution in [1.82, 2.24) is 0 Å². The second-order valence-electron chi connectivity index (χ2n) is 4.17. The van der Waals surface area contributed by atoms with Gasteiger partial charge in [0.25, 0.3) is 0 Å². The molecule has 0 aromatic rings. The average molecular weight is 280 g/mol. The van der Waals surface area contributed by atoms with Crippen molar-refractivity contribution in [2.45, 2.75) is 31.9 Å². The molecule has 0 saturated carbocycles. The minimum absolute atomic E-state index is 0.273. The molecule has 0 aliphatic heterocycles. The van der Waals surface area contributed by atoms with E-state index in [4.69, 9.17) is 14.9 Å². The maximum absolute atomic E-state index is 12.5. The Hall–Kier alpha value is -0.470. The molecule has 8 heteroatoms. The molecule has 2 N–H and O–H groups in total. The third-order valence-electron chi connectivity index (χ3n) is 2.80. The monoisotopic (exact) mass is 280 g/mol. The fourth-order valence-electron chi connectivity index (χ4n) is 1.10. The summed E-state index contributed by atoms with van der Waals surface area (Å²) in [5.74, 6) is -4.79. The molecule has 3 nitrogen and oxygen atoms in total. The van der Waals surface area contributed by atoms with E-state index in [1.165, 1.54) is 0 Å². The third-order valence-corrected chi connectivity index (χ3v) is 2.80. The van der Waals surface area contributed by atoms with Gasteiger partial charge in [-0.15, -0.1) is 0 Å². The molecular formula is C10H17F5O3. The molecule has 0 aliphatic rings. The second kappa shape index (κ2) is 6.63. The maximum Gasteiger partial charge on any atom is 0.453 e. The SMILES string of the molecule is CCC(CO)(CO)COCCC(F)(F)C(F)(F)F. The zero-order valence-corrected chi connectivity index (χ0v) is 9.94. The second-order valence-corrected chi connectivity index (χ2v) is 4.17. The summed E-state index contributed by atoms with van der Waals surface area (Å²) in [6.07, 6.45) is -6.75. The summed E-state index contributed by atoms with van der Waals surface area (Å²) in [6.45, 7) is -0.301. The number of hydrogen-bond donors (Lipinski definition) is 2. The van der Waals surface area contributed by atoms with Gasteiger partial charge in [-0.3, -0.25) is 0 Å². The summed E-state index contributed by atoms with van der Waals surface area (Å²) >= 11 is 0. The summed E-state index contributed by atoms with van der Waals surface area (Å²) in [5.41, 5.74) is -1.01. The van der Waals surface area contributed by atoms with Gasteiger partial charge in [0.05, 0.1) is 26.4 Å². The highest BCUT2D eigenvalue weighted by Gasteiger charge is 2.56. The Morgan fingerprint density at radius 1 is 1.00 bits per heavy atom. The van der Waals surface area contributed by atoms with E-state index in [9.17, 15) is 22.0 Å². The van der Waals surface area contributed by atoms with Gasteiger partial charge < -0.3 is 14.9 Å². The Bertz CT molecular complexity index is 226. The summed E-state index contributed by atoms with van der Waals surface area (Å²) in [6, 6.07) is 0. The predicted octanol–water partition coefficient (Wildman–Crippen LogP) is 1.97. The van der Waals surface area contributed by atoms with Crippen molar-refractivity contribution < 1.29 is 36.9 Å². The number of rotatable bonds is 8. The first-order valence-corrected chi connectivity index (χ1v) is 5.38. The molecule has 0 atom stereocenters. The molecule has 0 aliphatic carbocycles. The Morgan fingerprint density at radius 2 is 1.50 bits per heavy atom. The fraction of sp³-hybridized carbons (Fsp3) is 1.00. The maximum atomic E-state index is 12.5. The minimum Gasteiger partial charge on any atom is -0.396 e. The van der Waals surface area contributed by atoms with Crippen LogP contribution in [0.15, 0.2) is 0 Å².